The van der Waals surface area contributed by atoms with Crippen LogP contribution in [-0.4, -0.2) is 36.6 Å². The molecule has 0 unspecified atom stereocenters. The van der Waals surface area contributed by atoms with Crippen molar-refractivity contribution in [1.29, 1.82) is 0 Å². The summed E-state index contributed by atoms with van der Waals surface area (Å²) in [6, 6.07) is 10.7. The molecule has 0 spiro atoms. The zero-order valence-electron chi connectivity index (χ0n) is 11.3. The minimum atomic E-state index is 0.302. The first-order valence-corrected chi connectivity index (χ1v) is 7.27. The molecule has 0 bridgehead atoms. The number of amides is 1. The van der Waals surface area contributed by atoms with E-state index in [-0.39, 0.29) is 0 Å². The van der Waals surface area contributed by atoms with Crippen LogP contribution in [0, 0.1) is 5.92 Å². The molecule has 1 aliphatic carbocycles. The highest BCUT2D eigenvalue weighted by molar-refractivity contribution is 5.81. The summed E-state index contributed by atoms with van der Waals surface area (Å²) in [4.78, 5) is 14.5. The van der Waals surface area contributed by atoms with Crippen molar-refractivity contribution in [2.75, 3.05) is 19.8 Å². The molecule has 102 valence electrons. The summed E-state index contributed by atoms with van der Waals surface area (Å²) in [6.07, 6.45) is 4.09. The molecule has 1 atom stereocenters. The Labute approximate surface area is 114 Å². The largest absolute Gasteiger partial charge is 0.379 e. The molecule has 1 saturated heterocycles. The quantitative estimate of drug-likeness (QED) is 0.811. The van der Waals surface area contributed by atoms with E-state index in [1.54, 1.807) is 0 Å². The van der Waals surface area contributed by atoms with Crippen molar-refractivity contribution >= 4 is 5.91 Å². The van der Waals surface area contributed by atoms with E-state index >= 15 is 0 Å². The predicted molar refractivity (Wildman–Crippen MR) is 73.8 cm³/mol. The molecular formula is C16H21NO2. The summed E-state index contributed by atoms with van der Waals surface area (Å²) in [5.74, 6) is 0.655. The van der Waals surface area contributed by atoms with Crippen LogP contribution in [0.15, 0.2) is 30.3 Å². The van der Waals surface area contributed by atoms with Gasteiger partial charge in [-0.1, -0.05) is 30.3 Å². The molecule has 2 aliphatic rings. The molecule has 3 rings (SSSR count). The van der Waals surface area contributed by atoms with Gasteiger partial charge in [0, 0.05) is 19.1 Å². The van der Waals surface area contributed by atoms with Crippen LogP contribution in [0.5, 0.6) is 0 Å². The van der Waals surface area contributed by atoms with Gasteiger partial charge in [-0.25, -0.2) is 0 Å². The molecule has 0 radical (unpaired) electrons. The minimum absolute atomic E-state index is 0.302. The van der Waals surface area contributed by atoms with Crippen molar-refractivity contribution in [3.63, 3.8) is 0 Å². The van der Waals surface area contributed by atoms with Crippen LogP contribution in [0.2, 0.25) is 0 Å². The number of rotatable bonds is 5. The summed E-state index contributed by atoms with van der Waals surface area (Å²) in [6.45, 7) is 2.34. The lowest BCUT2D eigenvalue weighted by molar-refractivity contribution is -0.134. The van der Waals surface area contributed by atoms with Gasteiger partial charge in [0.05, 0.1) is 12.6 Å². The predicted octanol–water partition coefficient (Wildman–Crippen LogP) is 2.26. The van der Waals surface area contributed by atoms with Crippen molar-refractivity contribution in [1.82, 2.24) is 4.90 Å². The third-order valence-electron chi connectivity index (χ3n) is 4.04. The Balaban J connectivity index is 1.63. The van der Waals surface area contributed by atoms with Crippen LogP contribution in [0.3, 0.4) is 0 Å². The molecule has 1 heterocycles. The molecule has 0 aromatic heterocycles. The second kappa shape index (κ2) is 5.74. The fraction of sp³-hybridized carbons (Fsp3) is 0.562. The van der Waals surface area contributed by atoms with Gasteiger partial charge in [0.25, 0.3) is 0 Å². The zero-order chi connectivity index (χ0) is 13.1. The van der Waals surface area contributed by atoms with Crippen LogP contribution in [-0.2, 0) is 16.0 Å². The van der Waals surface area contributed by atoms with Gasteiger partial charge in [-0.05, 0) is 31.2 Å². The Kier molecular flexibility index (Phi) is 3.83. The van der Waals surface area contributed by atoms with Crippen molar-refractivity contribution in [2.24, 2.45) is 5.92 Å². The van der Waals surface area contributed by atoms with Crippen molar-refractivity contribution in [3.8, 4) is 0 Å². The monoisotopic (exact) mass is 259 g/mol. The van der Waals surface area contributed by atoms with Gasteiger partial charge in [-0.3, -0.25) is 4.79 Å². The third-order valence-corrected chi connectivity index (χ3v) is 4.04. The van der Waals surface area contributed by atoms with Gasteiger partial charge in [0.15, 0.2) is 0 Å². The Bertz CT molecular complexity index is 422. The first-order chi connectivity index (χ1) is 9.34. The maximum atomic E-state index is 12.4. The van der Waals surface area contributed by atoms with Crippen LogP contribution in [0.1, 0.15) is 24.8 Å². The van der Waals surface area contributed by atoms with Gasteiger partial charge in [-0.2, -0.15) is 0 Å². The number of benzene rings is 1. The van der Waals surface area contributed by atoms with E-state index in [1.807, 2.05) is 6.07 Å². The van der Waals surface area contributed by atoms with Gasteiger partial charge < -0.3 is 9.64 Å². The number of ether oxygens (including phenoxy) is 1. The average Bonchev–Trinajstić information content (AvgIpc) is 3.17. The highest BCUT2D eigenvalue weighted by atomic mass is 16.5. The first kappa shape index (κ1) is 12.7. The molecule has 3 nitrogen and oxygen atoms in total. The molecule has 1 saturated carbocycles. The average molecular weight is 259 g/mol. The summed E-state index contributed by atoms with van der Waals surface area (Å²) in [7, 11) is 0. The topological polar surface area (TPSA) is 29.5 Å². The van der Waals surface area contributed by atoms with Crippen molar-refractivity contribution in [3.05, 3.63) is 35.9 Å². The van der Waals surface area contributed by atoms with Crippen LogP contribution >= 0.6 is 0 Å². The highest BCUT2D eigenvalue weighted by Gasteiger charge is 2.37. The molecule has 1 amide bonds. The second-order valence-electron chi connectivity index (χ2n) is 5.56. The summed E-state index contributed by atoms with van der Waals surface area (Å²) >= 11 is 0. The van der Waals surface area contributed by atoms with Gasteiger partial charge in [-0.15, -0.1) is 0 Å². The Morgan fingerprint density at radius 1 is 1.21 bits per heavy atom. The van der Waals surface area contributed by atoms with E-state index < -0.39 is 0 Å². The van der Waals surface area contributed by atoms with Crippen molar-refractivity contribution < 1.29 is 9.53 Å². The molecular weight excluding hydrogens is 238 g/mol. The summed E-state index contributed by atoms with van der Waals surface area (Å²) in [5, 5.41) is 0. The van der Waals surface area contributed by atoms with Crippen LogP contribution < -0.4 is 0 Å². The Morgan fingerprint density at radius 3 is 2.63 bits per heavy atom. The Morgan fingerprint density at radius 2 is 2.00 bits per heavy atom. The lowest BCUT2D eigenvalue weighted by Gasteiger charge is -2.28. The van der Waals surface area contributed by atoms with E-state index in [0.717, 1.165) is 38.8 Å². The summed E-state index contributed by atoms with van der Waals surface area (Å²) in [5.41, 5.74) is 1.30. The number of carbonyl (C=O) groups excluding carboxylic acids is 1. The number of hydrogen-bond acceptors (Lipinski definition) is 2. The molecule has 1 aromatic carbocycles. The van der Waals surface area contributed by atoms with E-state index in [9.17, 15) is 4.79 Å². The van der Waals surface area contributed by atoms with E-state index in [1.165, 1.54) is 5.56 Å². The third kappa shape index (κ3) is 3.16. The fourth-order valence-corrected chi connectivity index (χ4v) is 2.70. The van der Waals surface area contributed by atoms with E-state index in [2.05, 4.69) is 29.2 Å². The second-order valence-corrected chi connectivity index (χ2v) is 5.56. The summed E-state index contributed by atoms with van der Waals surface area (Å²) < 4.78 is 5.45. The standard InChI is InChI=1S/C16H21NO2/c18-16(14-6-7-14)17(15-9-11-19-12-15)10-8-13-4-2-1-3-5-13/h1-5,14-15H,6-12H2/t15-/m1/s1. The maximum Gasteiger partial charge on any atom is 0.226 e. The fourth-order valence-electron chi connectivity index (χ4n) is 2.70. The van der Waals surface area contributed by atoms with Gasteiger partial charge in [0.2, 0.25) is 5.91 Å². The molecule has 1 aromatic rings. The zero-order valence-corrected chi connectivity index (χ0v) is 11.3. The smallest absolute Gasteiger partial charge is 0.226 e. The number of nitrogens with zero attached hydrogens (tertiary/aromatic N) is 1. The normalized spacial score (nSPS) is 22.4. The Hall–Kier alpha value is -1.35. The maximum absolute atomic E-state index is 12.4. The SMILES string of the molecule is O=C(C1CC1)N(CCc1ccccc1)[C@@H]1CCOC1. The number of hydrogen-bond donors (Lipinski definition) is 0. The lowest BCUT2D eigenvalue weighted by atomic mass is 10.1. The molecule has 0 N–H and O–H groups in total. The van der Waals surface area contributed by atoms with Gasteiger partial charge in [0.1, 0.15) is 0 Å². The minimum Gasteiger partial charge on any atom is -0.379 e. The molecule has 1 aliphatic heterocycles. The van der Waals surface area contributed by atoms with E-state index in [4.69, 9.17) is 4.74 Å². The first-order valence-electron chi connectivity index (χ1n) is 7.27. The van der Waals surface area contributed by atoms with Crippen LogP contribution in [0.25, 0.3) is 0 Å². The number of carbonyl (C=O) groups is 1. The van der Waals surface area contributed by atoms with Gasteiger partial charge >= 0.3 is 0 Å². The molecule has 2 fully saturated rings. The van der Waals surface area contributed by atoms with E-state index in [0.29, 0.717) is 24.5 Å². The lowest BCUT2D eigenvalue weighted by Crippen LogP contribution is -2.42. The van der Waals surface area contributed by atoms with Crippen LogP contribution in [0.4, 0.5) is 0 Å². The highest BCUT2D eigenvalue weighted by Crippen LogP contribution is 2.32. The molecule has 3 heteroatoms. The molecule has 19 heavy (non-hydrogen) atoms. The van der Waals surface area contributed by atoms with Crippen molar-refractivity contribution in [2.45, 2.75) is 31.7 Å².